The zero-order valence-corrected chi connectivity index (χ0v) is 18.1. The van der Waals surface area contributed by atoms with E-state index in [4.69, 9.17) is 0 Å². The summed E-state index contributed by atoms with van der Waals surface area (Å²) >= 11 is 1.44. The van der Waals surface area contributed by atoms with Crippen molar-refractivity contribution in [3.63, 3.8) is 0 Å². The molecule has 0 saturated carbocycles. The van der Waals surface area contributed by atoms with Crippen LogP contribution in [-0.4, -0.2) is 15.5 Å². The lowest BCUT2D eigenvalue weighted by Crippen LogP contribution is -2.29. The highest BCUT2D eigenvalue weighted by Crippen LogP contribution is 2.30. The number of thiophene rings is 1. The Balaban J connectivity index is 1.49. The van der Waals surface area contributed by atoms with Gasteiger partial charge in [0, 0.05) is 23.9 Å². The smallest absolute Gasteiger partial charge is 0.262 e. The largest absolute Gasteiger partial charge is 0.350 e. The number of fused-ring (bicyclic) bond motifs is 1. The number of hydrogen-bond acceptors (Lipinski definition) is 4. The van der Waals surface area contributed by atoms with Crippen LogP contribution in [0, 0.1) is 12.7 Å². The molecule has 1 amide bonds. The molecule has 0 spiro atoms. The number of nitrogens with one attached hydrogen (secondary N) is 1. The number of halogens is 1. The van der Waals surface area contributed by atoms with Crippen molar-refractivity contribution in [2.45, 2.75) is 32.9 Å². The molecule has 0 aliphatic rings. The van der Waals surface area contributed by atoms with Crippen LogP contribution in [0.2, 0.25) is 0 Å². The molecule has 5 nitrogen and oxygen atoms in total. The van der Waals surface area contributed by atoms with Crippen molar-refractivity contribution < 1.29 is 9.18 Å². The first-order valence-electron chi connectivity index (χ1n) is 10.0. The lowest BCUT2D eigenvalue weighted by atomic mass is 10.1. The predicted molar refractivity (Wildman–Crippen MR) is 122 cm³/mol. The topological polar surface area (TPSA) is 64.0 Å². The Morgan fingerprint density at radius 1 is 1.16 bits per heavy atom. The van der Waals surface area contributed by atoms with Crippen LogP contribution < -0.4 is 10.9 Å². The molecule has 0 bridgehead atoms. The molecule has 0 unspecified atom stereocenters. The molecule has 2 aromatic heterocycles. The van der Waals surface area contributed by atoms with Gasteiger partial charge in [0.05, 0.1) is 17.8 Å². The molecule has 0 aliphatic heterocycles. The average Bonchev–Trinajstić information content (AvgIpc) is 3.19. The number of aromatic nitrogens is 2. The molecule has 158 valence electrons. The van der Waals surface area contributed by atoms with Gasteiger partial charge in [-0.1, -0.05) is 42.0 Å². The molecule has 2 heterocycles. The minimum atomic E-state index is -0.317. The van der Waals surface area contributed by atoms with E-state index in [-0.39, 0.29) is 36.3 Å². The van der Waals surface area contributed by atoms with Crippen molar-refractivity contribution >= 4 is 27.5 Å². The second-order valence-electron chi connectivity index (χ2n) is 7.53. The number of rotatable bonds is 6. The highest BCUT2D eigenvalue weighted by Gasteiger charge is 2.15. The number of amides is 1. The van der Waals surface area contributed by atoms with Gasteiger partial charge in [-0.3, -0.25) is 14.2 Å². The van der Waals surface area contributed by atoms with E-state index in [9.17, 15) is 14.0 Å². The van der Waals surface area contributed by atoms with Crippen LogP contribution in [0.4, 0.5) is 4.39 Å². The van der Waals surface area contributed by atoms with E-state index >= 15 is 0 Å². The minimum absolute atomic E-state index is 0.141. The summed E-state index contributed by atoms with van der Waals surface area (Å²) in [6.07, 6.45) is 1.64. The fourth-order valence-corrected chi connectivity index (χ4v) is 4.35. The van der Waals surface area contributed by atoms with Crippen LogP contribution in [0.3, 0.4) is 0 Å². The SMILES string of the molecule is Cc1ccc(-c2csc3ncn(CCC(=O)N[C@H](C)c4ccc(F)cc4)c(=O)c23)cc1. The molecule has 0 radical (unpaired) electrons. The molecule has 1 N–H and O–H groups in total. The summed E-state index contributed by atoms with van der Waals surface area (Å²) in [6, 6.07) is 13.8. The highest BCUT2D eigenvalue weighted by molar-refractivity contribution is 7.17. The van der Waals surface area contributed by atoms with Gasteiger partial charge in [-0.05, 0) is 37.1 Å². The number of carbonyl (C=O) groups is 1. The summed E-state index contributed by atoms with van der Waals surface area (Å²) in [6.45, 7) is 4.09. The van der Waals surface area contributed by atoms with Gasteiger partial charge in [0.1, 0.15) is 10.6 Å². The maximum absolute atomic E-state index is 13.1. The summed E-state index contributed by atoms with van der Waals surface area (Å²) in [4.78, 5) is 30.6. The van der Waals surface area contributed by atoms with Crippen LogP contribution >= 0.6 is 11.3 Å². The Morgan fingerprint density at radius 2 is 1.87 bits per heavy atom. The second-order valence-corrected chi connectivity index (χ2v) is 8.39. The molecule has 31 heavy (non-hydrogen) atoms. The number of carbonyl (C=O) groups excluding carboxylic acids is 1. The van der Waals surface area contributed by atoms with Gasteiger partial charge in [-0.2, -0.15) is 0 Å². The van der Waals surface area contributed by atoms with Gasteiger partial charge in [0.25, 0.3) is 5.56 Å². The van der Waals surface area contributed by atoms with E-state index in [0.717, 1.165) is 22.3 Å². The van der Waals surface area contributed by atoms with Gasteiger partial charge >= 0.3 is 0 Å². The standard InChI is InChI=1S/C24H22FN3O2S/c1-15-3-5-18(6-4-15)20-13-31-23-22(20)24(30)28(14-26-23)12-11-21(29)27-16(2)17-7-9-19(25)10-8-17/h3-10,13-14,16H,11-12H2,1-2H3,(H,27,29)/t16-/m1/s1. The molecule has 1 atom stereocenters. The number of hydrogen-bond donors (Lipinski definition) is 1. The normalized spacial score (nSPS) is 12.1. The molecule has 0 fully saturated rings. The summed E-state index contributed by atoms with van der Waals surface area (Å²) < 4.78 is 14.6. The second kappa shape index (κ2) is 8.81. The third kappa shape index (κ3) is 4.56. The summed E-state index contributed by atoms with van der Waals surface area (Å²) in [5, 5.41) is 5.41. The van der Waals surface area contributed by atoms with Crippen LogP contribution in [0.15, 0.2) is 65.0 Å². The zero-order chi connectivity index (χ0) is 22.0. The van der Waals surface area contributed by atoms with E-state index < -0.39 is 0 Å². The minimum Gasteiger partial charge on any atom is -0.350 e. The highest BCUT2D eigenvalue weighted by atomic mass is 32.1. The Morgan fingerprint density at radius 3 is 2.58 bits per heavy atom. The molecule has 0 saturated heterocycles. The molecule has 7 heteroatoms. The van der Waals surface area contributed by atoms with Crippen molar-refractivity contribution in [2.75, 3.05) is 0 Å². The monoisotopic (exact) mass is 435 g/mol. The zero-order valence-electron chi connectivity index (χ0n) is 17.3. The van der Waals surface area contributed by atoms with Crippen LogP contribution in [-0.2, 0) is 11.3 Å². The maximum Gasteiger partial charge on any atom is 0.262 e. The molecule has 4 aromatic rings. The van der Waals surface area contributed by atoms with E-state index in [0.29, 0.717) is 10.2 Å². The number of aryl methyl sites for hydroxylation is 2. The van der Waals surface area contributed by atoms with E-state index in [1.165, 1.54) is 34.4 Å². The molecule has 4 rings (SSSR count). The van der Waals surface area contributed by atoms with E-state index in [1.54, 1.807) is 12.1 Å². The number of benzene rings is 2. The molecular formula is C24H22FN3O2S. The first kappa shape index (κ1) is 20.9. The Kier molecular flexibility index (Phi) is 5.95. The van der Waals surface area contributed by atoms with Crippen molar-refractivity contribution in [1.82, 2.24) is 14.9 Å². The Bertz CT molecular complexity index is 1280. The van der Waals surface area contributed by atoms with Crippen molar-refractivity contribution in [2.24, 2.45) is 0 Å². The first-order valence-corrected chi connectivity index (χ1v) is 10.9. The predicted octanol–water partition coefficient (Wildman–Crippen LogP) is 4.84. The molecule has 0 aliphatic carbocycles. The summed E-state index contributed by atoms with van der Waals surface area (Å²) in [5.74, 6) is -0.504. The maximum atomic E-state index is 13.1. The van der Waals surface area contributed by atoms with Gasteiger partial charge in [-0.25, -0.2) is 9.37 Å². The van der Waals surface area contributed by atoms with E-state index in [2.05, 4.69) is 10.3 Å². The summed E-state index contributed by atoms with van der Waals surface area (Å²) in [5.41, 5.74) is 3.65. The Labute approximate surface area is 183 Å². The van der Waals surface area contributed by atoms with Crippen LogP contribution in [0.1, 0.15) is 30.5 Å². The quantitative estimate of drug-likeness (QED) is 0.471. The average molecular weight is 436 g/mol. The van der Waals surface area contributed by atoms with E-state index in [1.807, 2.05) is 43.5 Å². The van der Waals surface area contributed by atoms with Crippen LogP contribution in [0.5, 0.6) is 0 Å². The third-order valence-corrected chi connectivity index (χ3v) is 6.14. The number of nitrogens with zero attached hydrogens (tertiary/aromatic N) is 2. The molecule has 2 aromatic carbocycles. The fourth-order valence-electron chi connectivity index (χ4n) is 3.44. The van der Waals surface area contributed by atoms with Gasteiger partial charge in [0.15, 0.2) is 0 Å². The first-order chi connectivity index (χ1) is 14.9. The Hall–Kier alpha value is -3.32. The van der Waals surface area contributed by atoms with Gasteiger partial charge < -0.3 is 5.32 Å². The van der Waals surface area contributed by atoms with Crippen molar-refractivity contribution in [1.29, 1.82) is 0 Å². The van der Waals surface area contributed by atoms with Gasteiger partial charge in [0.2, 0.25) is 5.91 Å². The summed E-state index contributed by atoms with van der Waals surface area (Å²) in [7, 11) is 0. The van der Waals surface area contributed by atoms with Crippen molar-refractivity contribution in [3.8, 4) is 11.1 Å². The van der Waals surface area contributed by atoms with Crippen LogP contribution in [0.25, 0.3) is 21.3 Å². The lowest BCUT2D eigenvalue weighted by Gasteiger charge is -2.14. The molecular weight excluding hydrogens is 413 g/mol. The lowest BCUT2D eigenvalue weighted by molar-refractivity contribution is -0.121. The third-order valence-electron chi connectivity index (χ3n) is 5.25. The fraction of sp³-hybridized carbons (Fsp3) is 0.208. The van der Waals surface area contributed by atoms with Gasteiger partial charge in [-0.15, -0.1) is 11.3 Å². The van der Waals surface area contributed by atoms with Crippen molar-refractivity contribution in [3.05, 3.63) is 87.5 Å².